The van der Waals surface area contributed by atoms with E-state index in [1.807, 2.05) is 0 Å². The smallest absolute Gasteiger partial charge is 0.276 e. The van der Waals surface area contributed by atoms with Gasteiger partial charge in [0.25, 0.3) is 5.91 Å². The van der Waals surface area contributed by atoms with Crippen LogP contribution in [0.5, 0.6) is 5.75 Å². The molecule has 2 heterocycles. The fourth-order valence-electron chi connectivity index (χ4n) is 2.80. The summed E-state index contributed by atoms with van der Waals surface area (Å²) < 4.78 is 27.4. The molecule has 23 heavy (non-hydrogen) atoms. The number of amides is 1. The van der Waals surface area contributed by atoms with Gasteiger partial charge in [-0.2, -0.15) is 0 Å². The topological polar surface area (TPSA) is 73.7 Å². The lowest BCUT2D eigenvalue weighted by Crippen LogP contribution is -2.32. The van der Waals surface area contributed by atoms with Crippen LogP contribution in [0.4, 0.5) is 8.78 Å². The Morgan fingerprint density at radius 3 is 2.83 bits per heavy atom. The number of hydrogen-bond donors (Lipinski definition) is 2. The Morgan fingerprint density at radius 1 is 1.30 bits per heavy atom. The molecule has 7 heteroatoms. The lowest BCUT2D eigenvalue weighted by atomic mass is 10.0. The van der Waals surface area contributed by atoms with E-state index in [-0.39, 0.29) is 30.0 Å². The number of rotatable bonds is 2. The van der Waals surface area contributed by atoms with E-state index in [4.69, 9.17) is 0 Å². The molecule has 0 bridgehead atoms. The highest BCUT2D eigenvalue weighted by Crippen LogP contribution is 2.35. The molecule has 1 aromatic carbocycles. The van der Waals surface area contributed by atoms with Gasteiger partial charge in [0.2, 0.25) is 0 Å². The highest BCUT2D eigenvalue weighted by Gasteiger charge is 2.38. The standard InChI is InChI=1S/C16H14F2N2O3/c17-9-3-4-12(18)11(6-9)13-7-10(21)8-20(13)16(23)15-14(22)2-1-5-19-15/h1-6,10,13,21-22H,7-8H2. The summed E-state index contributed by atoms with van der Waals surface area (Å²) in [5.41, 5.74) is -0.200. The van der Waals surface area contributed by atoms with Crippen LogP contribution in [0, 0.1) is 11.6 Å². The van der Waals surface area contributed by atoms with E-state index in [9.17, 15) is 23.8 Å². The van der Waals surface area contributed by atoms with Gasteiger partial charge in [0.1, 0.15) is 17.4 Å². The maximum absolute atomic E-state index is 14.0. The number of β-amino-alcohol motifs (C(OH)–C–C–N with tert-alkyl or cyclic N) is 1. The Bertz CT molecular complexity index is 754. The number of halogens is 2. The van der Waals surface area contributed by atoms with Crippen molar-refractivity contribution in [3.63, 3.8) is 0 Å². The highest BCUT2D eigenvalue weighted by atomic mass is 19.1. The maximum atomic E-state index is 14.0. The van der Waals surface area contributed by atoms with E-state index in [1.54, 1.807) is 0 Å². The summed E-state index contributed by atoms with van der Waals surface area (Å²) in [4.78, 5) is 17.6. The SMILES string of the molecule is O=C(c1ncccc1O)N1CC(O)CC1c1cc(F)ccc1F. The Balaban J connectivity index is 1.99. The summed E-state index contributed by atoms with van der Waals surface area (Å²) in [7, 11) is 0. The maximum Gasteiger partial charge on any atom is 0.276 e. The first-order chi connectivity index (χ1) is 11.0. The number of aromatic nitrogens is 1. The minimum Gasteiger partial charge on any atom is -0.505 e. The van der Waals surface area contributed by atoms with Crippen molar-refractivity contribution in [2.45, 2.75) is 18.6 Å². The van der Waals surface area contributed by atoms with Crippen LogP contribution < -0.4 is 0 Å². The van der Waals surface area contributed by atoms with Crippen molar-refractivity contribution in [2.24, 2.45) is 0 Å². The van der Waals surface area contributed by atoms with Crippen molar-refractivity contribution in [3.8, 4) is 5.75 Å². The molecule has 2 unspecified atom stereocenters. The normalized spacial score (nSPS) is 20.7. The monoisotopic (exact) mass is 320 g/mol. The van der Waals surface area contributed by atoms with E-state index < -0.39 is 29.7 Å². The second-order valence-electron chi connectivity index (χ2n) is 5.40. The molecular formula is C16H14F2N2O3. The van der Waals surface area contributed by atoms with Gasteiger partial charge in [-0.25, -0.2) is 13.8 Å². The van der Waals surface area contributed by atoms with E-state index in [0.717, 1.165) is 18.2 Å². The molecule has 1 fully saturated rings. The minimum atomic E-state index is -0.863. The summed E-state index contributed by atoms with van der Waals surface area (Å²) in [5, 5.41) is 19.6. The molecule has 1 saturated heterocycles. The lowest BCUT2D eigenvalue weighted by Gasteiger charge is -2.25. The quantitative estimate of drug-likeness (QED) is 0.888. The van der Waals surface area contributed by atoms with Gasteiger partial charge in [-0.1, -0.05) is 0 Å². The molecule has 1 aliphatic rings. The average Bonchev–Trinajstić information content (AvgIpc) is 2.91. The zero-order valence-corrected chi connectivity index (χ0v) is 12.0. The van der Waals surface area contributed by atoms with Crippen molar-refractivity contribution < 1.29 is 23.8 Å². The van der Waals surface area contributed by atoms with Crippen LogP contribution >= 0.6 is 0 Å². The second-order valence-corrected chi connectivity index (χ2v) is 5.40. The fourth-order valence-corrected chi connectivity index (χ4v) is 2.80. The molecule has 120 valence electrons. The summed E-state index contributed by atoms with van der Waals surface area (Å²) in [6.07, 6.45) is 0.564. The summed E-state index contributed by atoms with van der Waals surface area (Å²) in [6.45, 7) is -0.0462. The van der Waals surface area contributed by atoms with Crippen LogP contribution in [0.1, 0.15) is 28.5 Å². The number of likely N-dealkylation sites (tertiary alicyclic amines) is 1. The van der Waals surface area contributed by atoms with E-state index in [2.05, 4.69) is 4.98 Å². The highest BCUT2D eigenvalue weighted by molar-refractivity contribution is 5.95. The van der Waals surface area contributed by atoms with Crippen molar-refractivity contribution >= 4 is 5.91 Å². The van der Waals surface area contributed by atoms with Crippen molar-refractivity contribution in [1.29, 1.82) is 0 Å². The van der Waals surface area contributed by atoms with Crippen LogP contribution in [-0.2, 0) is 0 Å². The largest absolute Gasteiger partial charge is 0.505 e. The van der Waals surface area contributed by atoms with Crippen LogP contribution in [0.3, 0.4) is 0 Å². The van der Waals surface area contributed by atoms with Crippen LogP contribution in [0.25, 0.3) is 0 Å². The molecule has 0 spiro atoms. The molecule has 2 aromatic rings. The molecule has 5 nitrogen and oxygen atoms in total. The van der Waals surface area contributed by atoms with Gasteiger partial charge >= 0.3 is 0 Å². The van der Waals surface area contributed by atoms with Gasteiger partial charge < -0.3 is 15.1 Å². The number of benzene rings is 1. The first-order valence-electron chi connectivity index (χ1n) is 7.05. The van der Waals surface area contributed by atoms with E-state index >= 15 is 0 Å². The predicted molar refractivity (Wildman–Crippen MR) is 76.7 cm³/mol. The third-order valence-corrected chi connectivity index (χ3v) is 3.85. The number of hydrogen-bond acceptors (Lipinski definition) is 4. The molecular weight excluding hydrogens is 306 g/mol. The molecule has 3 rings (SSSR count). The number of pyridine rings is 1. The summed E-state index contributed by atoms with van der Waals surface area (Å²) in [5.74, 6) is -2.24. The zero-order valence-electron chi connectivity index (χ0n) is 12.0. The summed E-state index contributed by atoms with van der Waals surface area (Å²) >= 11 is 0. The van der Waals surface area contributed by atoms with Gasteiger partial charge in [0.15, 0.2) is 5.69 Å². The molecule has 0 radical (unpaired) electrons. The van der Waals surface area contributed by atoms with Crippen molar-refractivity contribution in [1.82, 2.24) is 9.88 Å². The zero-order chi connectivity index (χ0) is 16.6. The third-order valence-electron chi connectivity index (χ3n) is 3.85. The molecule has 1 aliphatic heterocycles. The minimum absolute atomic E-state index is 0.00896. The molecule has 0 aliphatic carbocycles. The fraction of sp³-hybridized carbons (Fsp3) is 0.250. The molecule has 0 saturated carbocycles. The Kier molecular flexibility index (Phi) is 3.96. The molecule has 2 atom stereocenters. The van der Waals surface area contributed by atoms with Gasteiger partial charge in [-0.15, -0.1) is 0 Å². The van der Waals surface area contributed by atoms with Gasteiger partial charge in [0, 0.05) is 18.3 Å². The molecule has 1 amide bonds. The first kappa shape index (κ1) is 15.4. The number of carbonyl (C=O) groups excluding carboxylic acids is 1. The van der Waals surface area contributed by atoms with Crippen LogP contribution in [0.2, 0.25) is 0 Å². The Hall–Kier alpha value is -2.54. The summed E-state index contributed by atoms with van der Waals surface area (Å²) in [6, 6.07) is 4.93. The Morgan fingerprint density at radius 2 is 2.09 bits per heavy atom. The second kappa shape index (κ2) is 5.92. The number of nitrogens with zero attached hydrogens (tertiary/aromatic N) is 2. The van der Waals surface area contributed by atoms with E-state index in [0.29, 0.717) is 0 Å². The van der Waals surface area contributed by atoms with Gasteiger partial charge in [-0.05, 0) is 36.8 Å². The Labute approximate surface area is 130 Å². The average molecular weight is 320 g/mol. The van der Waals surface area contributed by atoms with Crippen LogP contribution in [-0.4, -0.2) is 38.7 Å². The van der Waals surface area contributed by atoms with Crippen LogP contribution in [0.15, 0.2) is 36.5 Å². The predicted octanol–water partition coefficient (Wildman–Crippen LogP) is 2.01. The first-order valence-corrected chi connectivity index (χ1v) is 7.05. The number of carbonyl (C=O) groups is 1. The van der Waals surface area contributed by atoms with E-state index in [1.165, 1.54) is 23.2 Å². The number of aromatic hydroxyl groups is 1. The number of aliphatic hydroxyl groups excluding tert-OH is 1. The van der Waals surface area contributed by atoms with Gasteiger partial charge in [-0.3, -0.25) is 4.79 Å². The molecule has 2 N–H and O–H groups in total. The van der Waals surface area contributed by atoms with Gasteiger partial charge in [0.05, 0.1) is 12.1 Å². The molecule has 1 aromatic heterocycles. The van der Waals surface area contributed by atoms with Crippen molar-refractivity contribution in [2.75, 3.05) is 6.54 Å². The number of aliphatic hydroxyl groups is 1. The lowest BCUT2D eigenvalue weighted by molar-refractivity contribution is 0.0704. The van der Waals surface area contributed by atoms with Crippen molar-refractivity contribution in [3.05, 3.63) is 59.4 Å². The third kappa shape index (κ3) is 2.87.